The number of rotatable bonds is 2. The van der Waals surface area contributed by atoms with Crippen LogP contribution in [0, 0.1) is 0 Å². The summed E-state index contributed by atoms with van der Waals surface area (Å²) in [7, 11) is 2.82. The van der Waals surface area contributed by atoms with E-state index in [2.05, 4.69) is 13.8 Å². The maximum Gasteiger partial charge on any atom is 0.410 e. The molecule has 0 bridgehead atoms. The quantitative estimate of drug-likeness (QED) is 0.583. The number of hydrogen-bond donors (Lipinski definition) is 0. The Hall–Kier alpha value is -0.513. The molecule has 0 aliphatic carbocycles. The van der Waals surface area contributed by atoms with E-state index < -0.39 is 0 Å². The van der Waals surface area contributed by atoms with E-state index in [0.717, 1.165) is 23.1 Å². The molecule has 1 saturated heterocycles. The normalized spacial score (nSPS) is 35.8. The van der Waals surface area contributed by atoms with Gasteiger partial charge >= 0.3 is 6.09 Å². The van der Waals surface area contributed by atoms with Crippen LogP contribution in [0.4, 0.5) is 4.79 Å². The Kier molecular flexibility index (Phi) is 2.46. The van der Waals surface area contributed by atoms with E-state index >= 15 is 0 Å². The van der Waals surface area contributed by atoms with Crippen molar-refractivity contribution in [2.45, 2.75) is 38.0 Å². The van der Waals surface area contributed by atoms with Crippen molar-refractivity contribution in [3.05, 3.63) is 0 Å². The molecule has 4 heteroatoms. The van der Waals surface area contributed by atoms with Crippen LogP contribution < -0.4 is 0 Å². The van der Waals surface area contributed by atoms with Crippen LogP contribution in [0.2, 0.25) is 0 Å². The minimum atomic E-state index is -0.154. The van der Waals surface area contributed by atoms with E-state index in [9.17, 15) is 4.79 Å². The summed E-state index contributed by atoms with van der Waals surface area (Å²) in [5, 5.41) is 0.0336. The summed E-state index contributed by atoms with van der Waals surface area (Å²) in [4.78, 5) is 13.0. The largest absolute Gasteiger partial charge is 0.444 e. The average molecular weight is 187 g/mol. The number of cyclic esters (lactones) is 1. The Labute approximate surface area is 76.5 Å². The lowest BCUT2D eigenvalue weighted by atomic mass is 10.1. The van der Waals surface area contributed by atoms with Crippen molar-refractivity contribution in [1.29, 1.82) is 0 Å². The van der Waals surface area contributed by atoms with Crippen LogP contribution in [0.3, 0.4) is 0 Å². The third kappa shape index (κ3) is 1.14. The van der Waals surface area contributed by atoms with Crippen molar-refractivity contribution in [3.63, 3.8) is 0 Å². The highest BCUT2D eigenvalue weighted by Crippen LogP contribution is 2.30. The summed E-state index contributed by atoms with van der Waals surface area (Å²) < 4.78 is 5.25. The maximum absolute atomic E-state index is 11.2. The average Bonchev–Trinajstić information content (AvgIpc) is 2.30. The molecule has 1 heterocycles. The van der Waals surface area contributed by atoms with E-state index in [4.69, 9.17) is 4.74 Å². The molecule has 0 aromatic rings. The molecule has 2 unspecified atom stereocenters. The highest BCUT2D eigenvalue weighted by atomic mass is 28.1. The highest BCUT2D eigenvalue weighted by molar-refractivity contribution is 6.17. The molecular formula is C8H17NO2Si. The van der Waals surface area contributed by atoms with E-state index in [-0.39, 0.29) is 17.4 Å². The molecule has 0 radical (unpaired) electrons. The van der Waals surface area contributed by atoms with Gasteiger partial charge in [-0.15, -0.1) is 0 Å². The second-order valence-electron chi connectivity index (χ2n) is 3.55. The number of nitrogens with zero attached hydrogens (tertiary/aromatic N) is 1. The van der Waals surface area contributed by atoms with E-state index in [0.29, 0.717) is 0 Å². The second kappa shape index (κ2) is 3.09. The van der Waals surface area contributed by atoms with Crippen LogP contribution in [0.5, 0.6) is 0 Å². The molecule has 1 rings (SSSR count). The summed E-state index contributed by atoms with van der Waals surface area (Å²) in [6.45, 7) is 4.19. The zero-order valence-electron chi connectivity index (χ0n) is 8.26. The fourth-order valence-electron chi connectivity index (χ4n) is 1.74. The predicted octanol–water partition coefficient (Wildman–Crippen LogP) is 0.319. The van der Waals surface area contributed by atoms with Gasteiger partial charge in [0.2, 0.25) is 0 Å². The Morgan fingerprint density at radius 2 is 2.25 bits per heavy atom. The number of hydrogen-bond acceptors (Lipinski definition) is 2. The summed E-state index contributed by atoms with van der Waals surface area (Å²) in [6, 6.07) is 0. The van der Waals surface area contributed by atoms with Crippen molar-refractivity contribution in [2.24, 2.45) is 0 Å². The SMILES string of the molecule is CCC1OC(=O)N(C)C1([SiH3])CC. The van der Waals surface area contributed by atoms with Crippen LogP contribution in [0.15, 0.2) is 0 Å². The van der Waals surface area contributed by atoms with Gasteiger partial charge < -0.3 is 9.64 Å². The first-order valence-corrected chi connectivity index (χ1v) is 5.50. The topological polar surface area (TPSA) is 29.5 Å². The van der Waals surface area contributed by atoms with Gasteiger partial charge in [-0.05, 0) is 12.8 Å². The molecule has 0 aromatic carbocycles. The van der Waals surface area contributed by atoms with Crippen LogP contribution in [-0.4, -0.2) is 39.5 Å². The van der Waals surface area contributed by atoms with Crippen molar-refractivity contribution in [1.82, 2.24) is 4.90 Å². The van der Waals surface area contributed by atoms with Gasteiger partial charge in [-0.2, -0.15) is 0 Å². The number of carbonyl (C=O) groups is 1. The minimum Gasteiger partial charge on any atom is -0.444 e. The van der Waals surface area contributed by atoms with Gasteiger partial charge in [0.1, 0.15) is 6.10 Å². The van der Waals surface area contributed by atoms with Crippen LogP contribution in [0.1, 0.15) is 26.7 Å². The van der Waals surface area contributed by atoms with E-state index in [1.54, 1.807) is 4.90 Å². The van der Waals surface area contributed by atoms with Gasteiger partial charge in [0.05, 0.1) is 5.16 Å². The fraction of sp³-hybridized carbons (Fsp3) is 0.875. The Bertz CT molecular complexity index is 197. The molecule has 2 atom stereocenters. The predicted molar refractivity (Wildman–Crippen MR) is 51.3 cm³/mol. The van der Waals surface area contributed by atoms with Crippen molar-refractivity contribution in [3.8, 4) is 0 Å². The first-order chi connectivity index (χ1) is 5.56. The zero-order valence-corrected chi connectivity index (χ0v) is 10.3. The van der Waals surface area contributed by atoms with Crippen LogP contribution in [-0.2, 0) is 4.74 Å². The van der Waals surface area contributed by atoms with Crippen molar-refractivity contribution in [2.75, 3.05) is 7.05 Å². The Morgan fingerprint density at radius 3 is 2.58 bits per heavy atom. The zero-order chi connectivity index (χ0) is 9.35. The monoisotopic (exact) mass is 187 g/mol. The van der Waals surface area contributed by atoms with Crippen molar-refractivity contribution >= 4 is 16.3 Å². The summed E-state index contributed by atoms with van der Waals surface area (Å²) in [6.07, 6.45) is 1.89. The molecule has 1 aliphatic rings. The lowest BCUT2D eigenvalue weighted by molar-refractivity contribution is 0.122. The molecule has 0 saturated carbocycles. The molecule has 12 heavy (non-hydrogen) atoms. The first-order valence-electron chi connectivity index (χ1n) is 4.50. The minimum absolute atomic E-state index is 0.0336. The number of amides is 1. The smallest absolute Gasteiger partial charge is 0.410 e. The van der Waals surface area contributed by atoms with Crippen molar-refractivity contribution < 1.29 is 9.53 Å². The standard InChI is InChI=1S/C8H17NO2Si/c1-4-6-8(12,5-2)9(3)7(10)11-6/h6H,4-5H2,1-3,12H3. The molecule has 1 fully saturated rings. The summed E-state index contributed by atoms with van der Waals surface area (Å²) in [5.41, 5.74) is 0. The van der Waals surface area contributed by atoms with Crippen LogP contribution >= 0.6 is 0 Å². The number of likely N-dealkylation sites (N-methyl/N-ethyl adjacent to an activating group) is 1. The lowest BCUT2D eigenvalue weighted by Gasteiger charge is -2.32. The van der Waals surface area contributed by atoms with Gasteiger partial charge in [-0.1, -0.05) is 13.8 Å². The molecule has 1 aliphatic heterocycles. The molecule has 70 valence electrons. The van der Waals surface area contributed by atoms with Gasteiger partial charge in [0.25, 0.3) is 0 Å². The fourth-order valence-corrected chi connectivity index (χ4v) is 2.45. The second-order valence-corrected chi connectivity index (χ2v) is 5.28. The summed E-state index contributed by atoms with van der Waals surface area (Å²) >= 11 is 0. The summed E-state index contributed by atoms with van der Waals surface area (Å²) in [5.74, 6) is 0. The van der Waals surface area contributed by atoms with Gasteiger partial charge in [-0.3, -0.25) is 0 Å². The van der Waals surface area contributed by atoms with Gasteiger partial charge in [0.15, 0.2) is 0 Å². The number of carbonyl (C=O) groups excluding carboxylic acids is 1. The van der Waals surface area contributed by atoms with Gasteiger partial charge in [0, 0.05) is 17.3 Å². The molecule has 1 amide bonds. The molecule has 0 aromatic heterocycles. The highest BCUT2D eigenvalue weighted by Gasteiger charge is 2.46. The number of ether oxygens (including phenoxy) is 1. The molecule has 0 N–H and O–H groups in total. The third-order valence-corrected chi connectivity index (χ3v) is 5.09. The Morgan fingerprint density at radius 1 is 1.67 bits per heavy atom. The van der Waals surface area contributed by atoms with E-state index in [1.807, 2.05) is 7.05 Å². The van der Waals surface area contributed by atoms with E-state index in [1.165, 1.54) is 0 Å². The van der Waals surface area contributed by atoms with Gasteiger partial charge in [-0.25, -0.2) is 4.79 Å². The van der Waals surface area contributed by atoms with Crippen LogP contribution in [0.25, 0.3) is 0 Å². The molecule has 3 nitrogen and oxygen atoms in total. The lowest BCUT2D eigenvalue weighted by Crippen LogP contribution is -2.49. The molecular weight excluding hydrogens is 170 g/mol. The Balaban J connectivity index is 2.87. The third-order valence-electron chi connectivity index (χ3n) is 3.06. The first kappa shape index (κ1) is 9.57. The molecule has 0 spiro atoms. The maximum atomic E-state index is 11.2.